The van der Waals surface area contributed by atoms with Crippen LogP contribution in [0.5, 0.6) is 0 Å². The number of hydrogen-bond acceptors (Lipinski definition) is 3. The van der Waals surface area contributed by atoms with Crippen molar-refractivity contribution < 1.29 is 4.79 Å². The molecule has 0 atom stereocenters. The van der Waals surface area contributed by atoms with Crippen LogP contribution in [-0.4, -0.2) is 21.1 Å². The van der Waals surface area contributed by atoms with Crippen molar-refractivity contribution in [1.29, 1.82) is 0 Å². The van der Waals surface area contributed by atoms with Gasteiger partial charge < -0.3 is 9.88 Å². The third-order valence-corrected chi connectivity index (χ3v) is 3.02. The van der Waals surface area contributed by atoms with Crippen LogP contribution in [0.2, 0.25) is 0 Å². The Labute approximate surface area is 115 Å². The number of hydrogen-bond donors (Lipinski definition) is 1. The molecule has 0 spiro atoms. The molecule has 0 aliphatic carbocycles. The second-order valence-electron chi connectivity index (χ2n) is 4.97. The van der Waals surface area contributed by atoms with Gasteiger partial charge in [0, 0.05) is 13.1 Å². The van der Waals surface area contributed by atoms with Crippen LogP contribution in [0, 0.1) is 0 Å². The molecule has 2 aromatic rings. The van der Waals surface area contributed by atoms with E-state index in [1.165, 1.54) is 9.13 Å². The SMILES string of the molecule is CC(C)NC(=O)Cn1c(=O)c(=O)n(C)c2ccccc21. The summed E-state index contributed by atoms with van der Waals surface area (Å²) in [5.74, 6) is -0.291. The molecule has 1 aromatic carbocycles. The van der Waals surface area contributed by atoms with Crippen molar-refractivity contribution in [3.63, 3.8) is 0 Å². The highest BCUT2D eigenvalue weighted by Gasteiger charge is 2.13. The van der Waals surface area contributed by atoms with Gasteiger partial charge in [-0.05, 0) is 26.0 Å². The number of aryl methyl sites for hydroxylation is 1. The number of fused-ring (bicyclic) bond motifs is 1. The Hall–Kier alpha value is -2.37. The molecule has 0 saturated heterocycles. The van der Waals surface area contributed by atoms with E-state index in [1.54, 1.807) is 31.3 Å². The zero-order chi connectivity index (χ0) is 14.9. The van der Waals surface area contributed by atoms with Crippen molar-refractivity contribution in [3.8, 4) is 0 Å². The summed E-state index contributed by atoms with van der Waals surface area (Å²) in [6.45, 7) is 3.51. The van der Waals surface area contributed by atoms with Crippen molar-refractivity contribution in [1.82, 2.24) is 14.5 Å². The molecule has 2 rings (SSSR count). The molecule has 0 unspecified atom stereocenters. The Bertz CT molecular complexity index is 771. The molecular formula is C14H17N3O3. The first-order valence-electron chi connectivity index (χ1n) is 6.39. The van der Waals surface area contributed by atoms with Gasteiger partial charge in [-0.15, -0.1) is 0 Å². The average Bonchev–Trinajstić information content (AvgIpc) is 2.40. The number of nitrogens with one attached hydrogen (secondary N) is 1. The largest absolute Gasteiger partial charge is 0.352 e. The van der Waals surface area contributed by atoms with E-state index in [1.807, 2.05) is 13.8 Å². The van der Waals surface area contributed by atoms with Crippen LogP contribution >= 0.6 is 0 Å². The second-order valence-corrected chi connectivity index (χ2v) is 4.97. The van der Waals surface area contributed by atoms with Gasteiger partial charge in [0.1, 0.15) is 6.54 Å². The van der Waals surface area contributed by atoms with E-state index in [9.17, 15) is 14.4 Å². The quantitative estimate of drug-likeness (QED) is 0.815. The molecule has 0 aliphatic heterocycles. The van der Waals surface area contributed by atoms with Gasteiger partial charge in [0.2, 0.25) is 5.91 Å². The zero-order valence-electron chi connectivity index (χ0n) is 11.7. The van der Waals surface area contributed by atoms with E-state index in [4.69, 9.17) is 0 Å². The lowest BCUT2D eigenvalue weighted by Crippen LogP contribution is -2.44. The van der Waals surface area contributed by atoms with Gasteiger partial charge in [-0.3, -0.25) is 19.0 Å². The summed E-state index contributed by atoms with van der Waals surface area (Å²) in [6, 6.07) is 7.00. The summed E-state index contributed by atoms with van der Waals surface area (Å²) in [5, 5.41) is 2.71. The molecule has 0 saturated carbocycles. The van der Waals surface area contributed by atoms with Gasteiger partial charge >= 0.3 is 11.1 Å². The Morgan fingerprint density at radius 2 is 1.75 bits per heavy atom. The fourth-order valence-electron chi connectivity index (χ4n) is 2.12. The summed E-state index contributed by atoms with van der Waals surface area (Å²) in [5.41, 5.74) is -0.140. The Kier molecular flexibility index (Phi) is 3.74. The summed E-state index contributed by atoms with van der Waals surface area (Å²) in [7, 11) is 1.55. The standard InChI is InChI=1S/C14H17N3O3/c1-9(2)15-12(18)8-17-11-7-5-4-6-10(11)16(3)13(19)14(17)20/h4-7,9H,8H2,1-3H3,(H,15,18). The Balaban J connectivity index is 2.61. The second kappa shape index (κ2) is 5.32. The summed E-state index contributed by atoms with van der Waals surface area (Å²) < 4.78 is 2.52. The van der Waals surface area contributed by atoms with Crippen molar-refractivity contribution in [2.75, 3.05) is 0 Å². The van der Waals surface area contributed by atoms with Crippen molar-refractivity contribution in [2.45, 2.75) is 26.4 Å². The third kappa shape index (κ3) is 2.49. The third-order valence-electron chi connectivity index (χ3n) is 3.02. The molecule has 1 aromatic heterocycles. The smallest absolute Gasteiger partial charge is 0.317 e. The normalized spacial score (nSPS) is 11.0. The van der Waals surface area contributed by atoms with E-state index in [-0.39, 0.29) is 18.5 Å². The van der Waals surface area contributed by atoms with E-state index < -0.39 is 11.1 Å². The number of aromatic nitrogens is 2. The molecule has 0 bridgehead atoms. The maximum atomic E-state index is 12.1. The van der Waals surface area contributed by atoms with Crippen LogP contribution in [0.1, 0.15) is 13.8 Å². The summed E-state index contributed by atoms with van der Waals surface area (Å²) in [4.78, 5) is 35.8. The van der Waals surface area contributed by atoms with Gasteiger partial charge in [0.15, 0.2) is 0 Å². The minimum Gasteiger partial charge on any atom is -0.352 e. The predicted molar refractivity (Wildman–Crippen MR) is 76.7 cm³/mol. The van der Waals surface area contributed by atoms with Gasteiger partial charge in [-0.1, -0.05) is 12.1 Å². The highest BCUT2D eigenvalue weighted by Crippen LogP contribution is 2.08. The number of amides is 1. The van der Waals surface area contributed by atoms with Gasteiger partial charge in [-0.2, -0.15) is 0 Å². The summed E-state index contributed by atoms with van der Waals surface area (Å²) >= 11 is 0. The highest BCUT2D eigenvalue weighted by atomic mass is 16.2. The topological polar surface area (TPSA) is 73.1 Å². The maximum absolute atomic E-state index is 12.1. The lowest BCUT2D eigenvalue weighted by atomic mass is 10.3. The number of carbonyl (C=O) groups is 1. The van der Waals surface area contributed by atoms with Crippen molar-refractivity contribution in [2.24, 2.45) is 7.05 Å². The first kappa shape index (κ1) is 14.0. The van der Waals surface area contributed by atoms with Crippen molar-refractivity contribution in [3.05, 3.63) is 45.0 Å². The van der Waals surface area contributed by atoms with E-state index >= 15 is 0 Å². The van der Waals surface area contributed by atoms with Crippen LogP contribution in [0.4, 0.5) is 0 Å². The molecule has 1 heterocycles. The molecule has 6 nitrogen and oxygen atoms in total. The summed E-state index contributed by atoms with van der Waals surface area (Å²) in [6.07, 6.45) is 0. The van der Waals surface area contributed by atoms with Crippen molar-refractivity contribution >= 4 is 16.9 Å². The van der Waals surface area contributed by atoms with E-state index in [2.05, 4.69) is 5.32 Å². The molecular weight excluding hydrogens is 258 g/mol. The zero-order valence-corrected chi connectivity index (χ0v) is 11.7. The molecule has 20 heavy (non-hydrogen) atoms. The molecule has 0 aliphatic rings. The van der Waals surface area contributed by atoms with Gasteiger partial charge in [0.05, 0.1) is 11.0 Å². The first-order chi connectivity index (χ1) is 9.41. The minimum atomic E-state index is -0.690. The fraction of sp³-hybridized carbons (Fsp3) is 0.357. The van der Waals surface area contributed by atoms with Gasteiger partial charge in [-0.25, -0.2) is 0 Å². The average molecular weight is 275 g/mol. The predicted octanol–water partition coefficient (Wildman–Crippen LogP) is 0.225. The van der Waals surface area contributed by atoms with Crippen LogP contribution < -0.4 is 16.4 Å². The van der Waals surface area contributed by atoms with E-state index in [0.29, 0.717) is 11.0 Å². The molecule has 0 fully saturated rings. The fourth-order valence-corrected chi connectivity index (χ4v) is 2.12. The Morgan fingerprint density at radius 3 is 2.35 bits per heavy atom. The van der Waals surface area contributed by atoms with Crippen LogP contribution in [-0.2, 0) is 18.4 Å². The number of carbonyl (C=O) groups excluding carboxylic acids is 1. The number of nitrogens with zero attached hydrogens (tertiary/aromatic N) is 2. The van der Waals surface area contributed by atoms with Crippen LogP contribution in [0.25, 0.3) is 11.0 Å². The number of para-hydroxylation sites is 2. The maximum Gasteiger partial charge on any atom is 0.317 e. The lowest BCUT2D eigenvalue weighted by molar-refractivity contribution is -0.122. The van der Waals surface area contributed by atoms with Crippen LogP contribution in [0.15, 0.2) is 33.9 Å². The highest BCUT2D eigenvalue weighted by molar-refractivity contribution is 5.80. The molecule has 0 radical (unpaired) electrons. The monoisotopic (exact) mass is 275 g/mol. The molecule has 1 amide bonds. The molecule has 106 valence electrons. The lowest BCUT2D eigenvalue weighted by Gasteiger charge is -2.13. The molecule has 1 N–H and O–H groups in total. The number of benzene rings is 1. The first-order valence-corrected chi connectivity index (χ1v) is 6.39. The van der Waals surface area contributed by atoms with E-state index in [0.717, 1.165) is 0 Å². The van der Waals surface area contributed by atoms with Crippen LogP contribution in [0.3, 0.4) is 0 Å². The number of rotatable bonds is 3. The molecule has 6 heteroatoms. The van der Waals surface area contributed by atoms with Gasteiger partial charge in [0.25, 0.3) is 0 Å². The minimum absolute atomic E-state index is 0.0176. The Morgan fingerprint density at radius 1 is 1.15 bits per heavy atom.